The molecule has 2 rings (SSSR count). The van der Waals surface area contributed by atoms with Crippen LogP contribution in [0.5, 0.6) is 0 Å². The maximum absolute atomic E-state index is 6.07. The highest BCUT2D eigenvalue weighted by Crippen LogP contribution is 2.24. The summed E-state index contributed by atoms with van der Waals surface area (Å²) < 4.78 is 0. The van der Waals surface area contributed by atoms with Crippen molar-refractivity contribution in [3.05, 3.63) is 29.3 Å². The zero-order chi connectivity index (χ0) is 11.8. The smallest absolute Gasteiger partial charge is 0.158 e. The predicted molar refractivity (Wildman–Crippen MR) is 63.3 cm³/mol. The summed E-state index contributed by atoms with van der Waals surface area (Å²) in [6.45, 7) is 6.06. The molecule has 1 aromatic carbocycles. The van der Waals surface area contributed by atoms with Gasteiger partial charge < -0.3 is 0 Å². The minimum Gasteiger partial charge on any atom is -0.158 e. The van der Waals surface area contributed by atoms with E-state index in [1.165, 1.54) is 0 Å². The van der Waals surface area contributed by atoms with Crippen LogP contribution in [0.2, 0.25) is 5.02 Å². The van der Waals surface area contributed by atoms with Gasteiger partial charge in [0.05, 0.1) is 10.6 Å². The third-order valence-corrected chi connectivity index (χ3v) is 2.46. The van der Waals surface area contributed by atoms with Gasteiger partial charge in [-0.15, -0.1) is 10.2 Å². The van der Waals surface area contributed by atoms with Gasteiger partial charge in [-0.05, 0) is 38.1 Å². The average Bonchev–Trinajstić information content (AvgIpc) is 2.66. The summed E-state index contributed by atoms with van der Waals surface area (Å²) in [7, 11) is 0. The molecule has 1 heterocycles. The standard InChI is InChI=1S/C11H13ClN4/c1-11(2,3)16-14-10(13-15-16)8-6-4-5-7-9(8)12/h4-7H,1-3H3. The number of hydrogen-bond donors (Lipinski definition) is 0. The molecular formula is C11H13ClN4. The summed E-state index contributed by atoms with van der Waals surface area (Å²) in [5, 5.41) is 13.0. The van der Waals surface area contributed by atoms with Gasteiger partial charge in [-0.3, -0.25) is 0 Å². The van der Waals surface area contributed by atoms with E-state index < -0.39 is 0 Å². The Kier molecular flexibility index (Phi) is 2.68. The molecule has 0 spiro atoms. The Morgan fingerprint density at radius 1 is 1.19 bits per heavy atom. The molecule has 16 heavy (non-hydrogen) atoms. The summed E-state index contributed by atoms with van der Waals surface area (Å²) in [6.07, 6.45) is 0. The molecule has 0 aliphatic heterocycles. The van der Waals surface area contributed by atoms with Crippen molar-refractivity contribution in [2.75, 3.05) is 0 Å². The van der Waals surface area contributed by atoms with Gasteiger partial charge in [0, 0.05) is 5.56 Å². The van der Waals surface area contributed by atoms with E-state index in [1.54, 1.807) is 4.80 Å². The zero-order valence-electron chi connectivity index (χ0n) is 9.48. The lowest BCUT2D eigenvalue weighted by atomic mass is 10.1. The first kappa shape index (κ1) is 11.1. The van der Waals surface area contributed by atoms with Crippen LogP contribution in [0.15, 0.2) is 24.3 Å². The van der Waals surface area contributed by atoms with Gasteiger partial charge in [0.15, 0.2) is 0 Å². The fraction of sp³-hybridized carbons (Fsp3) is 0.364. The van der Waals surface area contributed by atoms with E-state index in [9.17, 15) is 0 Å². The first-order valence-electron chi connectivity index (χ1n) is 5.04. The van der Waals surface area contributed by atoms with Gasteiger partial charge in [-0.25, -0.2) is 0 Å². The Hall–Kier alpha value is -1.42. The van der Waals surface area contributed by atoms with Crippen molar-refractivity contribution in [1.29, 1.82) is 0 Å². The van der Waals surface area contributed by atoms with Gasteiger partial charge in [-0.2, -0.15) is 4.80 Å². The summed E-state index contributed by atoms with van der Waals surface area (Å²) in [4.78, 5) is 1.59. The second kappa shape index (κ2) is 3.87. The highest BCUT2D eigenvalue weighted by atomic mass is 35.5. The largest absolute Gasteiger partial charge is 0.206 e. The molecule has 5 heteroatoms. The Bertz CT molecular complexity index is 499. The molecule has 0 fully saturated rings. The predicted octanol–water partition coefficient (Wildman–Crippen LogP) is 2.75. The minimum absolute atomic E-state index is 0.174. The van der Waals surface area contributed by atoms with Crippen LogP contribution in [-0.2, 0) is 5.54 Å². The first-order valence-corrected chi connectivity index (χ1v) is 5.42. The van der Waals surface area contributed by atoms with E-state index in [1.807, 2.05) is 45.0 Å². The van der Waals surface area contributed by atoms with Gasteiger partial charge >= 0.3 is 0 Å². The number of halogens is 1. The lowest BCUT2D eigenvalue weighted by Crippen LogP contribution is -2.24. The molecule has 2 aromatic rings. The molecule has 0 amide bonds. The minimum atomic E-state index is -0.174. The molecule has 0 atom stereocenters. The number of tetrazole rings is 1. The average molecular weight is 237 g/mol. The molecule has 4 nitrogen and oxygen atoms in total. The van der Waals surface area contributed by atoms with Crippen molar-refractivity contribution < 1.29 is 0 Å². The molecule has 0 aliphatic rings. The second-order valence-electron chi connectivity index (χ2n) is 4.55. The fourth-order valence-electron chi connectivity index (χ4n) is 1.25. The molecule has 0 N–H and O–H groups in total. The fourth-order valence-corrected chi connectivity index (χ4v) is 1.47. The monoisotopic (exact) mass is 236 g/mol. The third kappa shape index (κ3) is 2.07. The topological polar surface area (TPSA) is 43.6 Å². The van der Waals surface area contributed by atoms with E-state index in [-0.39, 0.29) is 5.54 Å². The first-order chi connectivity index (χ1) is 7.48. The van der Waals surface area contributed by atoms with E-state index in [2.05, 4.69) is 15.4 Å². The molecule has 0 unspecified atom stereocenters. The van der Waals surface area contributed by atoms with Gasteiger partial charge in [0.25, 0.3) is 0 Å². The molecule has 0 radical (unpaired) electrons. The molecule has 0 saturated heterocycles. The lowest BCUT2D eigenvalue weighted by Gasteiger charge is -2.15. The molecule has 0 bridgehead atoms. The summed E-state index contributed by atoms with van der Waals surface area (Å²) >= 11 is 6.07. The summed E-state index contributed by atoms with van der Waals surface area (Å²) in [5.41, 5.74) is 0.631. The van der Waals surface area contributed by atoms with Gasteiger partial charge in [-0.1, -0.05) is 23.7 Å². The number of hydrogen-bond acceptors (Lipinski definition) is 3. The number of rotatable bonds is 1. The van der Waals surface area contributed by atoms with Gasteiger partial charge in [0.1, 0.15) is 0 Å². The van der Waals surface area contributed by atoms with Gasteiger partial charge in [0.2, 0.25) is 5.82 Å². The second-order valence-corrected chi connectivity index (χ2v) is 4.96. The van der Waals surface area contributed by atoms with Crippen molar-refractivity contribution in [3.63, 3.8) is 0 Å². The Labute approximate surface area is 99.2 Å². The third-order valence-electron chi connectivity index (χ3n) is 2.13. The summed E-state index contributed by atoms with van der Waals surface area (Å²) in [5.74, 6) is 0.556. The van der Waals surface area contributed by atoms with Crippen LogP contribution in [0.3, 0.4) is 0 Å². The van der Waals surface area contributed by atoms with Crippen molar-refractivity contribution in [2.24, 2.45) is 0 Å². The van der Waals surface area contributed by atoms with E-state index in [0.29, 0.717) is 10.8 Å². The van der Waals surface area contributed by atoms with Crippen LogP contribution in [0.25, 0.3) is 11.4 Å². The van der Waals surface area contributed by atoms with Crippen molar-refractivity contribution in [2.45, 2.75) is 26.3 Å². The quantitative estimate of drug-likeness (QED) is 0.765. The summed E-state index contributed by atoms with van der Waals surface area (Å²) in [6, 6.07) is 7.47. The van der Waals surface area contributed by atoms with Crippen molar-refractivity contribution >= 4 is 11.6 Å². The van der Waals surface area contributed by atoms with Crippen LogP contribution in [0.4, 0.5) is 0 Å². The van der Waals surface area contributed by atoms with E-state index >= 15 is 0 Å². The maximum atomic E-state index is 6.07. The Balaban J connectivity index is 2.44. The van der Waals surface area contributed by atoms with Crippen LogP contribution in [-0.4, -0.2) is 20.2 Å². The van der Waals surface area contributed by atoms with Crippen LogP contribution in [0, 0.1) is 0 Å². The normalized spacial score (nSPS) is 11.8. The number of nitrogens with zero attached hydrogens (tertiary/aromatic N) is 4. The highest BCUT2D eigenvalue weighted by Gasteiger charge is 2.18. The Morgan fingerprint density at radius 2 is 1.88 bits per heavy atom. The Morgan fingerprint density at radius 3 is 2.44 bits per heavy atom. The SMILES string of the molecule is CC(C)(C)n1nnc(-c2ccccc2Cl)n1. The van der Waals surface area contributed by atoms with Crippen LogP contribution < -0.4 is 0 Å². The number of aromatic nitrogens is 4. The number of benzene rings is 1. The molecule has 0 aliphatic carbocycles. The zero-order valence-corrected chi connectivity index (χ0v) is 10.2. The molecule has 84 valence electrons. The molecule has 1 aromatic heterocycles. The van der Waals surface area contributed by atoms with Crippen molar-refractivity contribution in [1.82, 2.24) is 20.2 Å². The maximum Gasteiger partial charge on any atom is 0.206 e. The van der Waals surface area contributed by atoms with E-state index in [4.69, 9.17) is 11.6 Å². The van der Waals surface area contributed by atoms with Crippen molar-refractivity contribution in [3.8, 4) is 11.4 Å². The van der Waals surface area contributed by atoms with E-state index in [0.717, 1.165) is 5.56 Å². The molecule has 0 saturated carbocycles. The van der Waals surface area contributed by atoms with Crippen LogP contribution >= 0.6 is 11.6 Å². The molecular weight excluding hydrogens is 224 g/mol. The van der Waals surface area contributed by atoms with Crippen LogP contribution in [0.1, 0.15) is 20.8 Å². The highest BCUT2D eigenvalue weighted by molar-refractivity contribution is 6.33. The lowest BCUT2D eigenvalue weighted by molar-refractivity contribution is 0.306.